The normalized spacial score (nSPS) is 9.71. The fraction of sp³-hybridized carbons (Fsp3) is 0.429. The third-order valence-electron chi connectivity index (χ3n) is 2.33. The zero-order valence-electron chi connectivity index (χ0n) is 10.5. The lowest BCUT2D eigenvalue weighted by atomic mass is 10.2. The van der Waals surface area contributed by atoms with Gasteiger partial charge in [-0.05, 0) is 31.2 Å². The third kappa shape index (κ3) is 4.38. The summed E-state index contributed by atoms with van der Waals surface area (Å²) in [5.74, 6) is 4.12. The van der Waals surface area contributed by atoms with Gasteiger partial charge in [0.2, 0.25) is 0 Å². The fourth-order valence-corrected chi connectivity index (χ4v) is 1.50. The van der Waals surface area contributed by atoms with Crippen LogP contribution in [0, 0.1) is 12.3 Å². The van der Waals surface area contributed by atoms with E-state index in [1.165, 1.54) is 5.56 Å². The van der Waals surface area contributed by atoms with Gasteiger partial charge in [0.1, 0.15) is 0 Å². The average molecular weight is 233 g/mol. The van der Waals surface area contributed by atoms with E-state index in [0.717, 1.165) is 30.9 Å². The van der Waals surface area contributed by atoms with Crippen LogP contribution in [0.5, 0.6) is 11.5 Å². The lowest BCUT2D eigenvalue weighted by Gasteiger charge is -2.11. The van der Waals surface area contributed by atoms with E-state index in [1.54, 1.807) is 7.11 Å². The maximum absolute atomic E-state index is 5.67. The molecule has 0 bridgehead atoms. The summed E-state index contributed by atoms with van der Waals surface area (Å²) in [6.07, 6.45) is 6.78. The van der Waals surface area contributed by atoms with Crippen molar-refractivity contribution in [1.82, 2.24) is 5.32 Å². The Labute approximate surface area is 103 Å². The number of benzene rings is 1. The minimum atomic E-state index is 0.615. The van der Waals surface area contributed by atoms with Crippen molar-refractivity contribution < 1.29 is 9.47 Å². The van der Waals surface area contributed by atoms with E-state index in [1.807, 2.05) is 25.2 Å². The molecule has 0 saturated heterocycles. The van der Waals surface area contributed by atoms with Crippen LogP contribution in [0.4, 0.5) is 0 Å². The molecule has 0 aliphatic rings. The van der Waals surface area contributed by atoms with Gasteiger partial charge in [-0.2, -0.15) is 0 Å². The summed E-state index contributed by atoms with van der Waals surface area (Å²) in [7, 11) is 3.55. The lowest BCUT2D eigenvalue weighted by molar-refractivity contribution is 0.290. The Hall–Kier alpha value is -1.66. The summed E-state index contributed by atoms with van der Waals surface area (Å²) in [6, 6.07) is 5.93. The van der Waals surface area contributed by atoms with Crippen LogP contribution in [0.1, 0.15) is 18.4 Å². The van der Waals surface area contributed by atoms with E-state index in [2.05, 4.69) is 11.2 Å². The summed E-state index contributed by atoms with van der Waals surface area (Å²) in [4.78, 5) is 0. The van der Waals surface area contributed by atoms with Crippen molar-refractivity contribution in [3.63, 3.8) is 0 Å². The monoisotopic (exact) mass is 233 g/mol. The predicted octanol–water partition coefficient (Wildman–Crippen LogP) is 2.21. The topological polar surface area (TPSA) is 30.5 Å². The number of hydrogen-bond acceptors (Lipinski definition) is 3. The van der Waals surface area contributed by atoms with E-state index >= 15 is 0 Å². The van der Waals surface area contributed by atoms with Gasteiger partial charge >= 0.3 is 0 Å². The molecule has 0 aliphatic carbocycles. The van der Waals surface area contributed by atoms with Crippen molar-refractivity contribution in [3.05, 3.63) is 23.8 Å². The van der Waals surface area contributed by atoms with Crippen molar-refractivity contribution in [1.29, 1.82) is 0 Å². The molecule has 0 atom stereocenters. The summed E-state index contributed by atoms with van der Waals surface area (Å²) < 4.78 is 10.9. The van der Waals surface area contributed by atoms with E-state index in [9.17, 15) is 0 Å². The Kier molecular flexibility index (Phi) is 5.98. The second-order valence-corrected chi connectivity index (χ2v) is 3.67. The summed E-state index contributed by atoms with van der Waals surface area (Å²) in [5.41, 5.74) is 1.17. The van der Waals surface area contributed by atoms with Gasteiger partial charge in [-0.25, -0.2) is 0 Å². The predicted molar refractivity (Wildman–Crippen MR) is 69.3 cm³/mol. The number of rotatable bonds is 7. The van der Waals surface area contributed by atoms with Gasteiger partial charge in [0, 0.05) is 13.0 Å². The van der Waals surface area contributed by atoms with Crippen molar-refractivity contribution in [2.75, 3.05) is 20.8 Å². The first-order valence-corrected chi connectivity index (χ1v) is 5.69. The van der Waals surface area contributed by atoms with Crippen molar-refractivity contribution in [2.45, 2.75) is 19.4 Å². The second-order valence-electron chi connectivity index (χ2n) is 3.67. The number of ether oxygens (including phenoxy) is 2. The van der Waals surface area contributed by atoms with Crippen molar-refractivity contribution in [3.8, 4) is 23.8 Å². The first-order valence-electron chi connectivity index (χ1n) is 5.69. The summed E-state index contributed by atoms with van der Waals surface area (Å²) in [6.45, 7) is 1.42. The van der Waals surface area contributed by atoms with Crippen LogP contribution in [0.3, 0.4) is 0 Å². The van der Waals surface area contributed by atoms with Crippen LogP contribution < -0.4 is 14.8 Å². The van der Waals surface area contributed by atoms with Gasteiger partial charge in [0.05, 0.1) is 13.7 Å². The molecular formula is C14H19NO2. The summed E-state index contributed by atoms with van der Waals surface area (Å²) >= 11 is 0. The molecule has 1 rings (SSSR count). The molecule has 0 aliphatic heterocycles. The molecule has 1 aromatic rings. The van der Waals surface area contributed by atoms with Crippen LogP contribution in [0.2, 0.25) is 0 Å². The van der Waals surface area contributed by atoms with Crippen molar-refractivity contribution in [2.24, 2.45) is 0 Å². The SMILES string of the molecule is C#CCCCOc1cc(CNC)ccc1OC. The molecule has 1 N–H and O–H groups in total. The Morgan fingerprint density at radius 2 is 2.18 bits per heavy atom. The number of unbranched alkanes of at least 4 members (excludes halogenated alkanes) is 1. The van der Waals surface area contributed by atoms with Crippen LogP contribution in [-0.4, -0.2) is 20.8 Å². The van der Waals surface area contributed by atoms with E-state index in [4.69, 9.17) is 15.9 Å². The highest BCUT2D eigenvalue weighted by molar-refractivity contribution is 5.42. The minimum Gasteiger partial charge on any atom is -0.493 e. The molecule has 0 spiro atoms. The van der Waals surface area contributed by atoms with Gasteiger partial charge in [0.15, 0.2) is 11.5 Å². The van der Waals surface area contributed by atoms with Gasteiger partial charge in [-0.15, -0.1) is 12.3 Å². The van der Waals surface area contributed by atoms with E-state index in [-0.39, 0.29) is 0 Å². The highest BCUT2D eigenvalue weighted by Crippen LogP contribution is 2.28. The maximum Gasteiger partial charge on any atom is 0.161 e. The van der Waals surface area contributed by atoms with Gasteiger partial charge in [-0.1, -0.05) is 6.07 Å². The molecule has 1 aromatic carbocycles. The van der Waals surface area contributed by atoms with Gasteiger partial charge in [0.25, 0.3) is 0 Å². The van der Waals surface area contributed by atoms with Gasteiger partial charge in [-0.3, -0.25) is 0 Å². The first kappa shape index (κ1) is 13.4. The fourth-order valence-electron chi connectivity index (χ4n) is 1.50. The Balaban J connectivity index is 2.65. The molecular weight excluding hydrogens is 214 g/mol. The highest BCUT2D eigenvalue weighted by Gasteiger charge is 2.05. The zero-order valence-corrected chi connectivity index (χ0v) is 10.5. The van der Waals surface area contributed by atoms with Gasteiger partial charge < -0.3 is 14.8 Å². The Morgan fingerprint density at radius 3 is 2.82 bits per heavy atom. The third-order valence-corrected chi connectivity index (χ3v) is 2.33. The Morgan fingerprint density at radius 1 is 1.35 bits per heavy atom. The molecule has 0 saturated carbocycles. The molecule has 3 heteroatoms. The Bertz CT molecular complexity index is 382. The van der Waals surface area contributed by atoms with Crippen LogP contribution in [-0.2, 0) is 6.54 Å². The number of hydrogen-bond donors (Lipinski definition) is 1. The molecule has 0 fully saturated rings. The molecule has 17 heavy (non-hydrogen) atoms. The van der Waals surface area contributed by atoms with Crippen molar-refractivity contribution >= 4 is 0 Å². The zero-order chi connectivity index (χ0) is 12.5. The molecule has 3 nitrogen and oxygen atoms in total. The highest BCUT2D eigenvalue weighted by atomic mass is 16.5. The standard InChI is InChI=1S/C14H19NO2/c1-4-5-6-9-17-14-10-12(11-15-2)7-8-13(14)16-3/h1,7-8,10,15H,5-6,9,11H2,2-3H3. The number of terminal acetylenes is 1. The van der Waals surface area contributed by atoms with Crippen LogP contribution in [0.25, 0.3) is 0 Å². The smallest absolute Gasteiger partial charge is 0.161 e. The first-order chi connectivity index (χ1) is 8.31. The minimum absolute atomic E-state index is 0.615. The molecule has 0 radical (unpaired) electrons. The maximum atomic E-state index is 5.67. The largest absolute Gasteiger partial charge is 0.493 e. The number of methoxy groups -OCH3 is 1. The van der Waals surface area contributed by atoms with E-state index in [0.29, 0.717) is 6.61 Å². The van der Waals surface area contributed by atoms with E-state index < -0.39 is 0 Å². The average Bonchev–Trinajstić information content (AvgIpc) is 2.35. The molecule has 0 amide bonds. The molecule has 92 valence electrons. The quantitative estimate of drug-likeness (QED) is 0.578. The lowest BCUT2D eigenvalue weighted by Crippen LogP contribution is -2.06. The molecule has 0 heterocycles. The van der Waals surface area contributed by atoms with Crippen LogP contribution >= 0.6 is 0 Å². The molecule has 0 aromatic heterocycles. The number of nitrogens with one attached hydrogen (secondary N) is 1. The molecule has 0 unspecified atom stereocenters. The van der Waals surface area contributed by atoms with Crippen LogP contribution in [0.15, 0.2) is 18.2 Å². The second kappa shape index (κ2) is 7.59. The summed E-state index contributed by atoms with van der Waals surface area (Å²) in [5, 5.41) is 3.10.